The zero-order valence-corrected chi connectivity index (χ0v) is 13.1. The number of nitrogens with zero attached hydrogens (tertiary/aromatic N) is 2. The number of aromatic amines is 1. The standard InChI is InChI=1S/C14H11N5OS2/c1-7-2-3-9(12-11(7)8(4-15)5-17-12)19-22-14-18-10(6-21-14)13(16)20/h2-3,5-6,17,19H,1H3,(H2,16,20). The molecule has 4 N–H and O–H groups in total. The Morgan fingerprint density at radius 1 is 1.55 bits per heavy atom. The lowest BCUT2D eigenvalue weighted by molar-refractivity contribution is 0.0996. The van der Waals surface area contributed by atoms with Gasteiger partial charge in [-0.15, -0.1) is 11.3 Å². The van der Waals surface area contributed by atoms with Crippen LogP contribution in [0.15, 0.2) is 28.0 Å². The lowest BCUT2D eigenvalue weighted by atomic mass is 10.1. The van der Waals surface area contributed by atoms with Crippen LogP contribution in [0.25, 0.3) is 10.9 Å². The highest BCUT2D eigenvalue weighted by atomic mass is 32.2. The predicted octanol–water partition coefficient (Wildman–Crippen LogP) is 3.02. The molecule has 22 heavy (non-hydrogen) atoms. The highest BCUT2D eigenvalue weighted by Crippen LogP contribution is 2.32. The largest absolute Gasteiger partial charge is 0.364 e. The van der Waals surface area contributed by atoms with Gasteiger partial charge in [0, 0.05) is 28.9 Å². The molecular formula is C14H11N5OS2. The van der Waals surface area contributed by atoms with E-state index >= 15 is 0 Å². The minimum absolute atomic E-state index is 0.259. The van der Waals surface area contributed by atoms with Gasteiger partial charge < -0.3 is 15.4 Å². The number of benzene rings is 1. The van der Waals surface area contributed by atoms with Crippen LogP contribution < -0.4 is 10.5 Å². The molecule has 0 atom stereocenters. The number of carbonyl (C=O) groups is 1. The van der Waals surface area contributed by atoms with Crippen LogP contribution in [-0.4, -0.2) is 15.9 Å². The molecule has 0 spiro atoms. The van der Waals surface area contributed by atoms with E-state index in [1.807, 2.05) is 19.1 Å². The molecule has 0 unspecified atom stereocenters. The topological polar surface area (TPSA) is 108 Å². The Morgan fingerprint density at radius 2 is 2.36 bits per heavy atom. The fourth-order valence-corrected chi connectivity index (χ4v) is 3.62. The summed E-state index contributed by atoms with van der Waals surface area (Å²) >= 11 is 2.64. The number of hydrogen-bond acceptors (Lipinski definition) is 6. The van der Waals surface area contributed by atoms with Gasteiger partial charge >= 0.3 is 0 Å². The van der Waals surface area contributed by atoms with E-state index in [0.717, 1.165) is 22.2 Å². The lowest BCUT2D eigenvalue weighted by Gasteiger charge is -2.06. The van der Waals surface area contributed by atoms with Crippen molar-refractivity contribution < 1.29 is 4.79 Å². The number of aryl methyl sites for hydroxylation is 1. The van der Waals surface area contributed by atoms with Crippen molar-refractivity contribution in [2.24, 2.45) is 5.73 Å². The number of hydrogen-bond donors (Lipinski definition) is 3. The highest BCUT2D eigenvalue weighted by Gasteiger charge is 2.12. The summed E-state index contributed by atoms with van der Waals surface area (Å²) in [6, 6.07) is 6.07. The number of aromatic nitrogens is 2. The molecule has 0 radical (unpaired) electrons. The van der Waals surface area contributed by atoms with Crippen molar-refractivity contribution in [2.45, 2.75) is 11.3 Å². The molecule has 2 aromatic heterocycles. The maximum absolute atomic E-state index is 11.0. The Balaban J connectivity index is 1.88. The summed E-state index contributed by atoms with van der Waals surface area (Å²) in [7, 11) is 0. The Hall–Kier alpha value is -2.50. The van der Waals surface area contributed by atoms with Crippen molar-refractivity contribution in [2.75, 3.05) is 4.72 Å². The number of rotatable bonds is 4. The molecule has 110 valence electrons. The molecule has 8 heteroatoms. The number of thiazole rings is 1. The van der Waals surface area contributed by atoms with Crippen LogP contribution >= 0.6 is 23.3 Å². The first-order valence-corrected chi connectivity index (χ1v) is 7.98. The van der Waals surface area contributed by atoms with Gasteiger partial charge in [-0.2, -0.15) is 5.26 Å². The summed E-state index contributed by atoms with van der Waals surface area (Å²) in [4.78, 5) is 18.3. The second kappa shape index (κ2) is 5.71. The van der Waals surface area contributed by atoms with E-state index in [0.29, 0.717) is 9.90 Å². The van der Waals surface area contributed by atoms with Crippen LogP contribution in [0.2, 0.25) is 0 Å². The molecule has 6 nitrogen and oxygen atoms in total. The number of anilines is 1. The summed E-state index contributed by atoms with van der Waals surface area (Å²) < 4.78 is 3.88. The number of nitrogens with two attached hydrogens (primary N) is 1. The zero-order chi connectivity index (χ0) is 15.7. The van der Waals surface area contributed by atoms with Gasteiger partial charge in [0.1, 0.15) is 11.8 Å². The third-order valence-electron chi connectivity index (χ3n) is 3.15. The summed E-state index contributed by atoms with van der Waals surface area (Å²) in [5, 5.41) is 11.7. The van der Waals surface area contributed by atoms with Gasteiger partial charge in [-0.05, 0) is 18.6 Å². The molecule has 0 aliphatic carbocycles. The number of amides is 1. The van der Waals surface area contributed by atoms with Gasteiger partial charge in [0.25, 0.3) is 5.91 Å². The van der Waals surface area contributed by atoms with E-state index in [1.165, 1.54) is 23.3 Å². The number of nitriles is 1. The summed E-state index contributed by atoms with van der Waals surface area (Å²) in [5.74, 6) is -0.538. The first kappa shape index (κ1) is 14.4. The predicted molar refractivity (Wildman–Crippen MR) is 87.9 cm³/mol. The Morgan fingerprint density at radius 3 is 3.05 bits per heavy atom. The molecule has 0 aliphatic rings. The van der Waals surface area contributed by atoms with Crippen LogP contribution in [0.5, 0.6) is 0 Å². The molecule has 0 saturated heterocycles. The summed E-state index contributed by atoms with van der Waals surface area (Å²) in [5.41, 5.74) is 8.82. The molecule has 0 fully saturated rings. The Labute approximate surface area is 134 Å². The van der Waals surface area contributed by atoms with Crippen LogP contribution in [0, 0.1) is 18.3 Å². The minimum Gasteiger partial charge on any atom is -0.364 e. The van der Waals surface area contributed by atoms with E-state index in [4.69, 9.17) is 11.0 Å². The third kappa shape index (κ3) is 2.52. The average Bonchev–Trinajstić information content (AvgIpc) is 3.13. The van der Waals surface area contributed by atoms with Gasteiger partial charge in [-0.1, -0.05) is 6.07 Å². The normalized spacial score (nSPS) is 10.5. The van der Waals surface area contributed by atoms with E-state index in [1.54, 1.807) is 11.6 Å². The molecule has 3 rings (SSSR count). The molecule has 0 aliphatic heterocycles. The molecule has 3 aromatic rings. The molecule has 0 bridgehead atoms. The van der Waals surface area contributed by atoms with E-state index < -0.39 is 5.91 Å². The van der Waals surface area contributed by atoms with Crippen molar-refractivity contribution in [1.82, 2.24) is 9.97 Å². The van der Waals surface area contributed by atoms with Crippen molar-refractivity contribution >= 4 is 45.8 Å². The highest BCUT2D eigenvalue weighted by molar-refractivity contribution is 8.02. The van der Waals surface area contributed by atoms with Gasteiger partial charge in [-0.3, -0.25) is 4.79 Å². The van der Waals surface area contributed by atoms with E-state index in [-0.39, 0.29) is 5.69 Å². The maximum atomic E-state index is 11.0. The van der Waals surface area contributed by atoms with Crippen molar-refractivity contribution in [3.05, 3.63) is 40.5 Å². The summed E-state index contributed by atoms with van der Waals surface area (Å²) in [6.07, 6.45) is 1.70. The van der Waals surface area contributed by atoms with Gasteiger partial charge in [0.15, 0.2) is 4.34 Å². The second-order valence-electron chi connectivity index (χ2n) is 4.56. The molecule has 2 heterocycles. The summed E-state index contributed by atoms with van der Waals surface area (Å²) in [6.45, 7) is 1.97. The van der Waals surface area contributed by atoms with Crippen LogP contribution in [0.4, 0.5) is 5.69 Å². The zero-order valence-electron chi connectivity index (χ0n) is 11.5. The van der Waals surface area contributed by atoms with Gasteiger partial charge in [-0.25, -0.2) is 4.98 Å². The fourth-order valence-electron chi connectivity index (χ4n) is 2.11. The first-order chi connectivity index (χ1) is 10.6. The monoisotopic (exact) mass is 329 g/mol. The SMILES string of the molecule is Cc1ccc(NSc2nc(C(N)=O)cs2)c2[nH]cc(C#N)c12. The molecular weight excluding hydrogens is 318 g/mol. The van der Waals surface area contributed by atoms with Gasteiger partial charge in [0.2, 0.25) is 0 Å². The quantitative estimate of drug-likeness (QED) is 0.638. The number of nitrogens with one attached hydrogen (secondary N) is 2. The van der Waals surface area contributed by atoms with E-state index in [9.17, 15) is 4.79 Å². The molecule has 1 aromatic carbocycles. The van der Waals surface area contributed by atoms with Crippen LogP contribution in [0.1, 0.15) is 21.6 Å². The molecule has 1 amide bonds. The maximum Gasteiger partial charge on any atom is 0.268 e. The van der Waals surface area contributed by atoms with Crippen molar-refractivity contribution in [3.8, 4) is 6.07 Å². The smallest absolute Gasteiger partial charge is 0.268 e. The third-order valence-corrected chi connectivity index (χ3v) is 4.91. The Kier molecular flexibility index (Phi) is 3.75. The number of fused-ring (bicyclic) bond motifs is 1. The number of H-pyrrole nitrogens is 1. The lowest BCUT2D eigenvalue weighted by Crippen LogP contribution is -2.10. The molecule has 0 saturated carbocycles. The average molecular weight is 329 g/mol. The fraction of sp³-hybridized carbons (Fsp3) is 0.0714. The minimum atomic E-state index is -0.538. The second-order valence-corrected chi connectivity index (χ2v) is 6.47. The van der Waals surface area contributed by atoms with Gasteiger partial charge in [0.05, 0.1) is 16.8 Å². The van der Waals surface area contributed by atoms with Crippen molar-refractivity contribution in [1.29, 1.82) is 5.26 Å². The van der Waals surface area contributed by atoms with Crippen LogP contribution in [0.3, 0.4) is 0 Å². The van der Waals surface area contributed by atoms with Crippen LogP contribution in [-0.2, 0) is 0 Å². The Bertz CT molecular complexity index is 906. The number of carbonyl (C=O) groups excluding carboxylic acids is 1. The number of primary amides is 1. The first-order valence-electron chi connectivity index (χ1n) is 6.29. The van der Waals surface area contributed by atoms with E-state index in [2.05, 4.69) is 20.8 Å². The van der Waals surface area contributed by atoms with Crippen molar-refractivity contribution in [3.63, 3.8) is 0 Å².